The largest absolute Gasteiger partial charge is 0.460 e. The maximum atomic E-state index is 12.6. The molecule has 0 unspecified atom stereocenters. The third-order valence-corrected chi connectivity index (χ3v) is 2.12. The normalized spacial score (nSPS) is 16.6. The Morgan fingerprint density at radius 3 is 1.18 bits per heavy atom. The van der Waals surface area contributed by atoms with Gasteiger partial charge in [-0.05, 0) is 0 Å². The average Bonchev–Trinajstić information content (AvgIpc) is 2.34. The molecule has 0 nitrogen and oxygen atoms in total. The van der Waals surface area contributed by atoms with Crippen LogP contribution in [0.2, 0.25) is 0 Å². The summed E-state index contributed by atoms with van der Waals surface area (Å²) in [6.07, 6.45) is -7.23. The van der Waals surface area contributed by atoms with E-state index in [-0.39, 0.29) is 0 Å². The number of alkyl halides is 12. The van der Waals surface area contributed by atoms with E-state index < -0.39 is 48.2 Å². The zero-order valence-electron chi connectivity index (χ0n) is 9.50. The minimum absolute atomic E-state index is 3.44. The molecule has 0 aromatic rings. The predicted octanol–water partition coefficient (Wildman–Crippen LogP) is 5.21. The van der Waals surface area contributed by atoms with Gasteiger partial charge >= 0.3 is 29.9 Å². The molecule has 22 heavy (non-hydrogen) atoms. The maximum Gasteiger partial charge on any atom is 0.460 e. The molecule has 0 N–H and O–H groups in total. The van der Waals surface area contributed by atoms with Crippen LogP contribution in [0.1, 0.15) is 0 Å². The topological polar surface area (TPSA) is 0 Å². The first-order chi connectivity index (χ1) is 9.38. The Balaban J connectivity index is 6.17. The van der Waals surface area contributed by atoms with E-state index in [1.165, 1.54) is 0 Å². The molecule has 0 amide bonds. The number of hydrogen-bond donors (Lipinski definition) is 0. The van der Waals surface area contributed by atoms with Crippen molar-refractivity contribution in [2.75, 3.05) is 6.67 Å². The smallest absolute Gasteiger partial charge is 0.244 e. The molecule has 0 saturated carbocycles. The van der Waals surface area contributed by atoms with Gasteiger partial charge in [0.25, 0.3) is 0 Å². The Kier molecular flexibility index (Phi) is 5.13. The van der Waals surface area contributed by atoms with Crippen LogP contribution in [0.3, 0.4) is 0 Å². The van der Waals surface area contributed by atoms with Crippen LogP contribution in [-0.4, -0.2) is 36.5 Å². The highest BCUT2D eigenvalue weighted by Crippen LogP contribution is 2.53. The molecule has 0 atom stereocenters. The van der Waals surface area contributed by atoms with Gasteiger partial charge in [0.05, 0.1) is 0 Å². The van der Waals surface area contributed by atoms with E-state index in [1.807, 2.05) is 0 Å². The second-order valence-electron chi connectivity index (χ2n) is 3.69. The summed E-state index contributed by atoms with van der Waals surface area (Å²) in [4.78, 5) is 0. The fraction of sp³-hybridized carbons (Fsp3) is 0.750. The maximum absolute atomic E-state index is 12.6. The second kappa shape index (κ2) is 5.44. The first-order valence-corrected chi connectivity index (χ1v) is 4.58. The van der Waals surface area contributed by atoms with Gasteiger partial charge in [0.15, 0.2) is 6.67 Å². The van der Waals surface area contributed by atoms with Crippen molar-refractivity contribution in [2.24, 2.45) is 0 Å². The summed E-state index contributed by atoms with van der Waals surface area (Å²) >= 11 is 0. The lowest BCUT2D eigenvalue weighted by molar-refractivity contribution is -0.348. The summed E-state index contributed by atoms with van der Waals surface area (Å²) in [5.41, 5.74) is 0. The third kappa shape index (κ3) is 2.95. The van der Waals surface area contributed by atoms with E-state index in [0.717, 1.165) is 0 Å². The summed E-state index contributed by atoms with van der Waals surface area (Å²) in [5, 5.41) is 0. The van der Waals surface area contributed by atoms with Gasteiger partial charge in [-0.15, -0.1) is 0 Å². The molecule has 0 fully saturated rings. The van der Waals surface area contributed by atoms with E-state index >= 15 is 0 Å². The molecule has 0 aliphatic rings. The molecule has 132 valence electrons. The molecular formula is C8H2F14. The van der Waals surface area contributed by atoms with Crippen molar-refractivity contribution < 1.29 is 61.5 Å². The summed E-state index contributed by atoms with van der Waals surface area (Å²) in [6, 6.07) is 0. The van der Waals surface area contributed by atoms with Crippen molar-refractivity contribution in [2.45, 2.75) is 29.9 Å². The van der Waals surface area contributed by atoms with Crippen molar-refractivity contribution in [3.8, 4) is 0 Å². The first kappa shape index (κ1) is 20.8. The Bertz CT molecular complexity index is 440. The highest BCUT2D eigenvalue weighted by Gasteiger charge is 2.77. The minimum atomic E-state index is -7.40. The molecule has 0 aromatic carbocycles. The monoisotopic (exact) mass is 364 g/mol. The van der Waals surface area contributed by atoms with Crippen molar-refractivity contribution in [1.29, 1.82) is 0 Å². The van der Waals surface area contributed by atoms with Crippen LogP contribution in [0.4, 0.5) is 61.5 Å². The predicted molar refractivity (Wildman–Crippen MR) is 41.1 cm³/mol. The van der Waals surface area contributed by atoms with Gasteiger partial charge in [-0.1, -0.05) is 0 Å². The molecule has 14 heteroatoms. The van der Waals surface area contributed by atoms with E-state index in [4.69, 9.17) is 0 Å². The Morgan fingerprint density at radius 1 is 0.591 bits per heavy atom. The highest BCUT2D eigenvalue weighted by atomic mass is 19.4. The van der Waals surface area contributed by atoms with Crippen molar-refractivity contribution >= 4 is 0 Å². The van der Waals surface area contributed by atoms with Crippen LogP contribution in [0, 0.1) is 0 Å². The van der Waals surface area contributed by atoms with Gasteiger partial charge in [-0.3, -0.25) is 0 Å². The molecule has 0 rings (SSSR count). The summed E-state index contributed by atoms with van der Waals surface area (Å²) in [6.45, 7) is -3.44. The number of hydrogen-bond acceptors (Lipinski definition) is 0. The van der Waals surface area contributed by atoms with Crippen molar-refractivity contribution in [3.05, 3.63) is 11.7 Å². The standard InChI is InChI=1S/C8H2F14/c9-1-4(12,13)5(14,15)2(10)3(11)6(16,17)7(18,19)8(20,21)22/h1H2/b3-2+. The molecule has 0 aliphatic heterocycles. The zero-order chi connectivity index (χ0) is 18.4. The molecule has 0 aliphatic carbocycles. The molecule has 0 bridgehead atoms. The van der Waals surface area contributed by atoms with Crippen LogP contribution >= 0.6 is 0 Å². The van der Waals surface area contributed by atoms with Crippen molar-refractivity contribution in [3.63, 3.8) is 0 Å². The van der Waals surface area contributed by atoms with Crippen LogP contribution in [0.5, 0.6) is 0 Å². The summed E-state index contributed by atoms with van der Waals surface area (Å²) < 4.78 is 171. The molecule has 0 saturated heterocycles. The Morgan fingerprint density at radius 2 is 0.909 bits per heavy atom. The molecule has 0 aromatic heterocycles. The minimum Gasteiger partial charge on any atom is -0.244 e. The Hall–Kier alpha value is -1.24. The SMILES string of the molecule is FCC(F)(F)C(F)(F)/C(F)=C(\F)C(F)(F)C(F)(F)C(F)(F)F. The van der Waals surface area contributed by atoms with Crippen LogP contribution in [0.25, 0.3) is 0 Å². The van der Waals surface area contributed by atoms with Crippen molar-refractivity contribution in [1.82, 2.24) is 0 Å². The molecule has 0 heterocycles. The van der Waals surface area contributed by atoms with E-state index in [9.17, 15) is 61.5 Å². The van der Waals surface area contributed by atoms with Crippen LogP contribution in [0.15, 0.2) is 11.7 Å². The lowest BCUT2D eigenvalue weighted by atomic mass is 10.1. The molecule has 0 spiro atoms. The van der Waals surface area contributed by atoms with Crippen LogP contribution < -0.4 is 0 Å². The molecular weight excluding hydrogens is 362 g/mol. The van der Waals surface area contributed by atoms with Crippen LogP contribution in [-0.2, 0) is 0 Å². The van der Waals surface area contributed by atoms with E-state index in [2.05, 4.69) is 0 Å². The lowest BCUT2D eigenvalue weighted by Crippen LogP contribution is -2.53. The van der Waals surface area contributed by atoms with Gasteiger partial charge in [-0.25, -0.2) is 13.2 Å². The zero-order valence-corrected chi connectivity index (χ0v) is 9.50. The fourth-order valence-electron chi connectivity index (χ4n) is 0.836. The van der Waals surface area contributed by atoms with E-state index in [0.29, 0.717) is 0 Å². The fourth-order valence-corrected chi connectivity index (χ4v) is 0.836. The van der Waals surface area contributed by atoms with Gasteiger partial charge in [0, 0.05) is 0 Å². The van der Waals surface area contributed by atoms with Gasteiger partial charge in [-0.2, -0.15) is 48.3 Å². The second-order valence-corrected chi connectivity index (χ2v) is 3.69. The third-order valence-electron chi connectivity index (χ3n) is 2.12. The lowest BCUT2D eigenvalue weighted by Gasteiger charge is -2.29. The molecule has 0 radical (unpaired) electrons. The quantitative estimate of drug-likeness (QED) is 0.588. The number of halogens is 14. The number of rotatable bonds is 5. The van der Waals surface area contributed by atoms with Gasteiger partial charge < -0.3 is 0 Å². The first-order valence-electron chi connectivity index (χ1n) is 4.58. The summed E-state index contributed by atoms with van der Waals surface area (Å²) in [7, 11) is 0. The average molecular weight is 364 g/mol. The number of allylic oxidation sites excluding steroid dienone is 2. The van der Waals surface area contributed by atoms with Gasteiger partial charge in [0.1, 0.15) is 0 Å². The highest BCUT2D eigenvalue weighted by molar-refractivity contribution is 5.23. The Labute approximate surface area is 111 Å². The van der Waals surface area contributed by atoms with E-state index in [1.54, 1.807) is 0 Å². The van der Waals surface area contributed by atoms with Gasteiger partial charge in [0.2, 0.25) is 11.7 Å². The summed E-state index contributed by atoms with van der Waals surface area (Å²) in [5.74, 6) is -37.0.